The number of rotatable bonds is 6. The molecule has 0 amide bonds. The molecule has 0 N–H and O–H groups in total. The van der Waals surface area contributed by atoms with E-state index in [-0.39, 0.29) is 10.6 Å². The van der Waals surface area contributed by atoms with Crippen molar-refractivity contribution in [1.82, 2.24) is 9.78 Å². The molecule has 19 heavy (non-hydrogen) atoms. The summed E-state index contributed by atoms with van der Waals surface area (Å²) in [5, 5.41) is 16.0. The highest BCUT2D eigenvalue weighted by atomic mass is 16.6. The Morgan fingerprint density at radius 2 is 2.26 bits per heavy atom. The molecule has 0 aliphatic heterocycles. The third kappa shape index (κ3) is 2.90. The second kappa shape index (κ2) is 5.79. The van der Waals surface area contributed by atoms with Crippen LogP contribution in [0.1, 0.15) is 19.0 Å². The molecule has 6 nitrogen and oxygen atoms in total. The first kappa shape index (κ1) is 13.5. The maximum Gasteiger partial charge on any atom is 0.270 e. The topological polar surface area (TPSA) is 70.2 Å². The zero-order chi connectivity index (χ0) is 13.8. The van der Waals surface area contributed by atoms with Crippen LogP contribution in [0.3, 0.4) is 0 Å². The van der Waals surface area contributed by atoms with Crippen LogP contribution in [0, 0.1) is 17.0 Å². The van der Waals surface area contributed by atoms with Gasteiger partial charge in [-0.05, 0) is 26.3 Å². The molecule has 0 saturated carbocycles. The normalized spacial score (nSPS) is 11.1. The minimum absolute atomic E-state index is 0.101. The largest absolute Gasteiger partial charge is 0.382 e. The number of nitro groups is 1. The number of non-ortho nitro benzene ring substituents is 1. The van der Waals surface area contributed by atoms with Gasteiger partial charge in [0.2, 0.25) is 0 Å². The lowest BCUT2D eigenvalue weighted by Gasteiger charge is -2.03. The SMILES string of the molecule is CCOCCCn1nc(C)c2cc([N+](=O)[O-])ccc21. The number of aromatic nitrogens is 2. The number of fused-ring (bicyclic) bond motifs is 1. The van der Waals surface area contributed by atoms with Crippen LogP contribution in [0.5, 0.6) is 0 Å². The van der Waals surface area contributed by atoms with E-state index in [1.165, 1.54) is 6.07 Å². The second-order valence-corrected chi connectivity index (χ2v) is 4.32. The summed E-state index contributed by atoms with van der Waals surface area (Å²) in [5.41, 5.74) is 1.85. The summed E-state index contributed by atoms with van der Waals surface area (Å²) in [5.74, 6) is 0. The van der Waals surface area contributed by atoms with E-state index in [1.54, 1.807) is 12.1 Å². The van der Waals surface area contributed by atoms with Crippen molar-refractivity contribution in [3.63, 3.8) is 0 Å². The minimum Gasteiger partial charge on any atom is -0.382 e. The second-order valence-electron chi connectivity index (χ2n) is 4.32. The van der Waals surface area contributed by atoms with Crippen LogP contribution in [0.15, 0.2) is 18.2 Å². The van der Waals surface area contributed by atoms with Crippen LogP contribution in [0.4, 0.5) is 5.69 Å². The van der Waals surface area contributed by atoms with Crippen molar-refractivity contribution in [3.8, 4) is 0 Å². The molecule has 1 aromatic heterocycles. The van der Waals surface area contributed by atoms with Gasteiger partial charge in [0.05, 0.1) is 16.1 Å². The first-order valence-electron chi connectivity index (χ1n) is 6.32. The standard InChI is InChI=1S/C13H17N3O3/c1-3-19-8-4-7-15-13-6-5-11(16(17)18)9-12(13)10(2)14-15/h5-6,9H,3-4,7-8H2,1-2H3. The number of benzene rings is 1. The summed E-state index contributed by atoms with van der Waals surface area (Å²) >= 11 is 0. The summed E-state index contributed by atoms with van der Waals surface area (Å²) in [4.78, 5) is 10.4. The van der Waals surface area contributed by atoms with Crippen LogP contribution in [-0.4, -0.2) is 27.9 Å². The van der Waals surface area contributed by atoms with Crippen LogP contribution in [-0.2, 0) is 11.3 Å². The number of hydrogen-bond acceptors (Lipinski definition) is 4. The van der Waals surface area contributed by atoms with Crippen molar-refractivity contribution in [2.45, 2.75) is 26.8 Å². The van der Waals surface area contributed by atoms with Gasteiger partial charge in [-0.2, -0.15) is 5.10 Å². The Kier molecular flexibility index (Phi) is 4.11. The lowest BCUT2D eigenvalue weighted by Crippen LogP contribution is -2.04. The molecule has 0 saturated heterocycles. The fourth-order valence-corrected chi connectivity index (χ4v) is 2.07. The highest BCUT2D eigenvalue weighted by molar-refractivity contribution is 5.84. The van der Waals surface area contributed by atoms with E-state index in [0.29, 0.717) is 13.2 Å². The number of hydrogen-bond donors (Lipinski definition) is 0. The molecule has 102 valence electrons. The summed E-state index contributed by atoms with van der Waals surface area (Å²) in [6.45, 7) is 5.99. The van der Waals surface area contributed by atoms with Crippen molar-refractivity contribution >= 4 is 16.6 Å². The molecule has 2 aromatic rings. The Morgan fingerprint density at radius 1 is 1.47 bits per heavy atom. The van der Waals surface area contributed by atoms with Crippen molar-refractivity contribution in [2.75, 3.05) is 13.2 Å². The molecule has 0 aliphatic carbocycles. The van der Waals surface area contributed by atoms with Gasteiger partial charge in [0.1, 0.15) is 0 Å². The smallest absolute Gasteiger partial charge is 0.270 e. The highest BCUT2D eigenvalue weighted by Crippen LogP contribution is 2.23. The predicted octanol–water partition coefficient (Wildman–Crippen LogP) is 2.68. The summed E-state index contributed by atoms with van der Waals surface area (Å²) in [6, 6.07) is 4.85. The molecule has 6 heteroatoms. The molecule has 0 spiro atoms. The minimum atomic E-state index is -0.384. The van der Waals surface area contributed by atoms with Crippen molar-refractivity contribution in [3.05, 3.63) is 34.0 Å². The maximum atomic E-state index is 10.8. The fourth-order valence-electron chi connectivity index (χ4n) is 2.07. The molecule has 0 unspecified atom stereocenters. The first-order valence-corrected chi connectivity index (χ1v) is 6.32. The van der Waals surface area contributed by atoms with Crippen LogP contribution < -0.4 is 0 Å². The van der Waals surface area contributed by atoms with E-state index < -0.39 is 0 Å². The average molecular weight is 263 g/mol. The third-order valence-electron chi connectivity index (χ3n) is 2.99. The molecule has 2 rings (SSSR count). The Labute approximate surface area is 111 Å². The number of nitro benzene ring substituents is 1. The molecule has 0 aliphatic rings. The number of nitrogens with zero attached hydrogens (tertiary/aromatic N) is 3. The Balaban J connectivity index is 2.24. The van der Waals surface area contributed by atoms with E-state index in [2.05, 4.69) is 5.10 Å². The molecule has 0 fully saturated rings. The van der Waals surface area contributed by atoms with E-state index in [1.807, 2.05) is 18.5 Å². The van der Waals surface area contributed by atoms with E-state index >= 15 is 0 Å². The zero-order valence-corrected chi connectivity index (χ0v) is 11.1. The van der Waals surface area contributed by atoms with Gasteiger partial charge in [0, 0.05) is 37.3 Å². The van der Waals surface area contributed by atoms with Gasteiger partial charge in [-0.1, -0.05) is 0 Å². The predicted molar refractivity (Wildman–Crippen MR) is 72.2 cm³/mol. The molecule has 0 atom stereocenters. The van der Waals surface area contributed by atoms with Gasteiger partial charge >= 0.3 is 0 Å². The van der Waals surface area contributed by atoms with Crippen LogP contribution in [0.25, 0.3) is 10.9 Å². The van der Waals surface area contributed by atoms with Gasteiger partial charge in [-0.3, -0.25) is 14.8 Å². The van der Waals surface area contributed by atoms with Crippen LogP contribution in [0.2, 0.25) is 0 Å². The highest BCUT2D eigenvalue weighted by Gasteiger charge is 2.12. The third-order valence-corrected chi connectivity index (χ3v) is 2.99. The lowest BCUT2D eigenvalue weighted by molar-refractivity contribution is -0.384. The van der Waals surface area contributed by atoms with Gasteiger partial charge in [-0.25, -0.2) is 0 Å². The molecular weight excluding hydrogens is 246 g/mol. The molecule has 1 aromatic carbocycles. The van der Waals surface area contributed by atoms with Crippen LogP contribution >= 0.6 is 0 Å². The molecular formula is C13H17N3O3. The Hall–Kier alpha value is -1.95. The summed E-state index contributed by atoms with van der Waals surface area (Å²) in [7, 11) is 0. The molecule has 0 bridgehead atoms. The molecule has 0 radical (unpaired) electrons. The number of ether oxygens (including phenoxy) is 1. The van der Waals surface area contributed by atoms with Gasteiger partial charge < -0.3 is 4.74 Å². The van der Waals surface area contributed by atoms with Gasteiger partial charge in [0.25, 0.3) is 5.69 Å². The van der Waals surface area contributed by atoms with E-state index in [9.17, 15) is 10.1 Å². The number of aryl methyl sites for hydroxylation is 2. The first-order chi connectivity index (χ1) is 9.13. The monoisotopic (exact) mass is 263 g/mol. The van der Waals surface area contributed by atoms with E-state index in [0.717, 1.165) is 29.6 Å². The maximum absolute atomic E-state index is 10.8. The lowest BCUT2D eigenvalue weighted by atomic mass is 10.2. The summed E-state index contributed by atoms with van der Waals surface area (Å²) < 4.78 is 7.18. The van der Waals surface area contributed by atoms with Gasteiger partial charge in [0.15, 0.2) is 0 Å². The summed E-state index contributed by atoms with van der Waals surface area (Å²) in [6.07, 6.45) is 0.876. The average Bonchev–Trinajstić information content (AvgIpc) is 2.71. The van der Waals surface area contributed by atoms with Crippen molar-refractivity contribution in [1.29, 1.82) is 0 Å². The Bertz CT molecular complexity index is 592. The van der Waals surface area contributed by atoms with Gasteiger partial charge in [-0.15, -0.1) is 0 Å². The quantitative estimate of drug-likeness (QED) is 0.456. The van der Waals surface area contributed by atoms with E-state index in [4.69, 9.17) is 4.74 Å². The van der Waals surface area contributed by atoms with Crippen molar-refractivity contribution in [2.24, 2.45) is 0 Å². The molecule has 1 heterocycles. The van der Waals surface area contributed by atoms with Crippen molar-refractivity contribution < 1.29 is 9.66 Å². The Morgan fingerprint density at radius 3 is 2.95 bits per heavy atom. The zero-order valence-electron chi connectivity index (χ0n) is 11.1. The fraction of sp³-hybridized carbons (Fsp3) is 0.462.